The highest BCUT2D eigenvalue weighted by Crippen LogP contribution is 2.26. The van der Waals surface area contributed by atoms with Crippen molar-refractivity contribution in [3.8, 4) is 17.6 Å². The summed E-state index contributed by atoms with van der Waals surface area (Å²) in [6.07, 6.45) is 0. The van der Waals surface area contributed by atoms with Gasteiger partial charge in [-0.2, -0.15) is 8.78 Å². The van der Waals surface area contributed by atoms with Crippen LogP contribution < -0.4 is 4.74 Å². The standard InChI is InChI=1S/C12H13F2OP/c1-9(2)3-4-10-5-7-11(8-6-10)15-12(13,14)16/h5-9H,16H2,1-2H3. The maximum absolute atomic E-state index is 12.5. The van der Waals surface area contributed by atoms with Crippen molar-refractivity contribution in [3.63, 3.8) is 0 Å². The van der Waals surface area contributed by atoms with Gasteiger partial charge in [-0.25, -0.2) is 0 Å². The number of benzene rings is 1. The summed E-state index contributed by atoms with van der Waals surface area (Å²) in [5.74, 6) is 3.10. The molecule has 0 aliphatic carbocycles. The van der Waals surface area contributed by atoms with E-state index in [2.05, 4.69) is 16.6 Å². The Hall–Kier alpha value is -1.13. The number of hydrogen-bond acceptors (Lipinski definition) is 1. The van der Waals surface area contributed by atoms with Crippen LogP contribution in [0.4, 0.5) is 8.78 Å². The summed E-state index contributed by atoms with van der Waals surface area (Å²) in [7, 11) is 1.33. The number of alkyl halides is 2. The van der Waals surface area contributed by atoms with Crippen LogP contribution in [0.1, 0.15) is 19.4 Å². The van der Waals surface area contributed by atoms with E-state index in [4.69, 9.17) is 0 Å². The van der Waals surface area contributed by atoms with Gasteiger partial charge in [0.1, 0.15) is 5.75 Å². The fraction of sp³-hybridized carbons (Fsp3) is 0.333. The highest BCUT2D eigenvalue weighted by atomic mass is 31.0. The van der Waals surface area contributed by atoms with Crippen LogP contribution in [0.3, 0.4) is 0 Å². The first-order valence-electron chi connectivity index (χ1n) is 4.84. The molecule has 0 N–H and O–H groups in total. The van der Waals surface area contributed by atoms with Crippen LogP contribution >= 0.6 is 9.24 Å². The summed E-state index contributed by atoms with van der Waals surface area (Å²) in [4.78, 5) is 0. The van der Waals surface area contributed by atoms with Gasteiger partial charge in [0.25, 0.3) is 0 Å². The van der Waals surface area contributed by atoms with Crippen molar-refractivity contribution in [1.29, 1.82) is 0 Å². The van der Waals surface area contributed by atoms with Gasteiger partial charge < -0.3 is 4.74 Å². The quantitative estimate of drug-likeness (QED) is 0.569. The second-order valence-electron chi connectivity index (χ2n) is 3.61. The molecule has 0 amide bonds. The molecule has 0 saturated heterocycles. The molecule has 1 aromatic rings. The van der Waals surface area contributed by atoms with E-state index in [1.165, 1.54) is 21.4 Å². The first-order chi connectivity index (χ1) is 7.37. The van der Waals surface area contributed by atoms with Crippen molar-refractivity contribution in [2.24, 2.45) is 5.92 Å². The molecule has 1 aromatic carbocycles. The molecular formula is C12H13F2OP. The zero-order valence-electron chi connectivity index (χ0n) is 9.13. The molecule has 16 heavy (non-hydrogen) atoms. The van der Waals surface area contributed by atoms with Gasteiger partial charge in [-0.1, -0.05) is 25.7 Å². The first kappa shape index (κ1) is 12.9. The van der Waals surface area contributed by atoms with E-state index >= 15 is 0 Å². The zero-order chi connectivity index (χ0) is 12.2. The third kappa shape index (κ3) is 5.09. The Morgan fingerprint density at radius 1 is 1.25 bits per heavy atom. The molecule has 1 rings (SSSR count). The van der Waals surface area contributed by atoms with E-state index in [0.717, 1.165) is 5.56 Å². The topological polar surface area (TPSA) is 9.23 Å². The molecule has 0 saturated carbocycles. The van der Waals surface area contributed by atoms with Crippen molar-refractivity contribution in [2.45, 2.75) is 19.7 Å². The average molecular weight is 242 g/mol. The minimum atomic E-state index is -3.23. The van der Waals surface area contributed by atoms with E-state index in [9.17, 15) is 8.78 Å². The molecule has 1 unspecified atom stereocenters. The Balaban J connectivity index is 2.73. The Bertz CT molecular complexity index is 396. The predicted molar refractivity (Wildman–Crippen MR) is 63.4 cm³/mol. The molecule has 0 spiro atoms. The smallest absolute Gasteiger partial charge is 0.408 e. The maximum atomic E-state index is 12.5. The van der Waals surface area contributed by atoms with Crippen LogP contribution in [0.15, 0.2) is 24.3 Å². The Labute approximate surface area is 96.4 Å². The fourth-order valence-corrected chi connectivity index (χ4v) is 1.13. The summed E-state index contributed by atoms with van der Waals surface area (Å²) in [5.41, 5.74) is 0.785. The Morgan fingerprint density at radius 2 is 1.81 bits per heavy atom. The lowest BCUT2D eigenvalue weighted by molar-refractivity contribution is -0.0892. The summed E-state index contributed by atoms with van der Waals surface area (Å²) >= 11 is 0. The van der Waals surface area contributed by atoms with Gasteiger partial charge in [-0.3, -0.25) is 0 Å². The van der Waals surface area contributed by atoms with Crippen molar-refractivity contribution < 1.29 is 13.5 Å². The van der Waals surface area contributed by atoms with Crippen molar-refractivity contribution in [2.75, 3.05) is 0 Å². The Morgan fingerprint density at radius 3 is 2.25 bits per heavy atom. The van der Waals surface area contributed by atoms with E-state index in [-0.39, 0.29) is 11.7 Å². The summed E-state index contributed by atoms with van der Waals surface area (Å²) < 4.78 is 29.3. The normalized spacial score (nSPS) is 10.9. The van der Waals surface area contributed by atoms with Gasteiger partial charge in [-0.15, -0.1) is 0 Å². The molecule has 0 radical (unpaired) electrons. The van der Waals surface area contributed by atoms with Crippen LogP contribution in [0.5, 0.6) is 5.75 Å². The average Bonchev–Trinajstić information content (AvgIpc) is 2.14. The highest BCUT2D eigenvalue weighted by Gasteiger charge is 2.22. The molecule has 0 fully saturated rings. The number of hydrogen-bond donors (Lipinski definition) is 0. The highest BCUT2D eigenvalue weighted by molar-refractivity contribution is 7.17. The minimum Gasteiger partial charge on any atom is -0.430 e. The van der Waals surface area contributed by atoms with E-state index in [1.54, 1.807) is 12.1 Å². The minimum absolute atomic E-state index is 0.120. The summed E-state index contributed by atoms with van der Waals surface area (Å²) in [6, 6.07) is 6.26. The molecule has 4 heteroatoms. The molecule has 0 heterocycles. The second kappa shape index (κ2) is 5.27. The lowest BCUT2D eigenvalue weighted by Gasteiger charge is -2.12. The third-order valence-corrected chi connectivity index (χ3v) is 1.73. The largest absolute Gasteiger partial charge is 0.430 e. The van der Waals surface area contributed by atoms with Crippen molar-refractivity contribution in [3.05, 3.63) is 29.8 Å². The summed E-state index contributed by atoms with van der Waals surface area (Å²) in [5, 5.41) is 0. The SMILES string of the molecule is CC(C)C#Cc1ccc(OC(F)(F)P)cc1. The monoisotopic (exact) mass is 242 g/mol. The van der Waals surface area contributed by atoms with Crippen molar-refractivity contribution in [1.82, 2.24) is 0 Å². The Kier molecular flexibility index (Phi) is 4.26. The van der Waals surface area contributed by atoms with Crippen LogP contribution in [-0.2, 0) is 0 Å². The lowest BCUT2D eigenvalue weighted by Crippen LogP contribution is -2.14. The molecule has 0 aliphatic rings. The van der Waals surface area contributed by atoms with Crippen LogP contribution in [0.2, 0.25) is 0 Å². The molecule has 0 bridgehead atoms. The molecular weight excluding hydrogens is 229 g/mol. The van der Waals surface area contributed by atoms with Gasteiger partial charge in [0, 0.05) is 11.5 Å². The predicted octanol–water partition coefficient (Wildman–Crippen LogP) is 3.50. The molecule has 1 atom stereocenters. The maximum Gasteiger partial charge on any atom is 0.408 e. The number of rotatable bonds is 2. The molecule has 0 aromatic heterocycles. The zero-order valence-corrected chi connectivity index (χ0v) is 10.3. The van der Waals surface area contributed by atoms with Gasteiger partial charge in [-0.05, 0) is 33.5 Å². The number of halogens is 2. The number of ether oxygens (including phenoxy) is 1. The molecule has 1 nitrogen and oxygen atoms in total. The molecule has 86 valence electrons. The van der Waals surface area contributed by atoms with Crippen LogP contribution in [0.25, 0.3) is 0 Å². The van der Waals surface area contributed by atoms with Crippen LogP contribution in [-0.4, -0.2) is 5.85 Å². The van der Waals surface area contributed by atoms with Gasteiger partial charge in [0.2, 0.25) is 0 Å². The van der Waals surface area contributed by atoms with Gasteiger partial charge in [0.15, 0.2) is 0 Å². The van der Waals surface area contributed by atoms with Crippen LogP contribution in [0, 0.1) is 17.8 Å². The van der Waals surface area contributed by atoms with Gasteiger partial charge >= 0.3 is 5.85 Å². The second-order valence-corrected chi connectivity index (χ2v) is 4.28. The third-order valence-electron chi connectivity index (χ3n) is 1.61. The summed E-state index contributed by atoms with van der Waals surface area (Å²) in [6.45, 7) is 3.97. The van der Waals surface area contributed by atoms with Gasteiger partial charge in [0.05, 0.1) is 0 Å². The van der Waals surface area contributed by atoms with E-state index in [1.807, 2.05) is 13.8 Å². The van der Waals surface area contributed by atoms with Crippen molar-refractivity contribution >= 4 is 9.24 Å². The van der Waals surface area contributed by atoms with E-state index in [0.29, 0.717) is 0 Å². The van der Waals surface area contributed by atoms with E-state index < -0.39 is 5.85 Å². The lowest BCUT2D eigenvalue weighted by atomic mass is 10.2. The molecule has 0 aliphatic heterocycles. The first-order valence-corrected chi connectivity index (χ1v) is 5.42. The fourth-order valence-electron chi connectivity index (χ4n) is 0.991.